The Labute approximate surface area is 171 Å². The van der Waals surface area contributed by atoms with Gasteiger partial charge in [-0.2, -0.15) is 5.10 Å². The van der Waals surface area contributed by atoms with Crippen molar-refractivity contribution >= 4 is 16.2 Å². The minimum absolute atomic E-state index is 0.00675. The number of oxime groups is 1. The van der Waals surface area contributed by atoms with Crippen molar-refractivity contribution in [1.29, 1.82) is 0 Å². The molecule has 0 aliphatic carbocycles. The van der Waals surface area contributed by atoms with E-state index in [-0.39, 0.29) is 4.90 Å². The maximum atomic E-state index is 11.5. The van der Waals surface area contributed by atoms with Crippen molar-refractivity contribution in [3.63, 3.8) is 0 Å². The number of nitrogens with two attached hydrogens (primary N) is 1. The fraction of sp³-hybridized carbons (Fsp3) is 0.0526. The Morgan fingerprint density at radius 3 is 2.37 bits per heavy atom. The molecular formula is C19H17N7O3S. The summed E-state index contributed by atoms with van der Waals surface area (Å²) in [6, 6.07) is 15.5. The molecule has 0 aliphatic heterocycles. The van der Waals surface area contributed by atoms with Crippen molar-refractivity contribution in [3.05, 3.63) is 72.1 Å². The predicted octanol–water partition coefficient (Wildman–Crippen LogP) is 1.88. The van der Waals surface area contributed by atoms with Crippen LogP contribution >= 0.6 is 0 Å². The monoisotopic (exact) mass is 423 g/mol. The first-order valence-electron chi connectivity index (χ1n) is 8.77. The summed E-state index contributed by atoms with van der Waals surface area (Å²) in [5.74, 6) is 0. The lowest BCUT2D eigenvalue weighted by Gasteiger charge is -2.05. The zero-order valence-electron chi connectivity index (χ0n) is 15.8. The first kappa shape index (κ1) is 19.5. The van der Waals surface area contributed by atoms with E-state index in [1.165, 1.54) is 18.3 Å². The van der Waals surface area contributed by atoms with Crippen LogP contribution in [-0.4, -0.2) is 44.6 Å². The van der Waals surface area contributed by atoms with Gasteiger partial charge in [-0.1, -0.05) is 28.6 Å². The zero-order valence-corrected chi connectivity index (χ0v) is 16.6. The van der Waals surface area contributed by atoms with Gasteiger partial charge in [0.15, 0.2) is 0 Å². The van der Waals surface area contributed by atoms with E-state index in [0.29, 0.717) is 28.3 Å². The molecular weight excluding hydrogens is 406 g/mol. The molecule has 4 aromatic rings. The fourth-order valence-electron chi connectivity index (χ4n) is 3.01. The largest absolute Gasteiger partial charge is 0.411 e. The van der Waals surface area contributed by atoms with Crippen LogP contribution in [0.5, 0.6) is 0 Å². The number of aromatic nitrogens is 5. The smallest absolute Gasteiger partial charge is 0.238 e. The predicted molar refractivity (Wildman–Crippen MR) is 109 cm³/mol. The van der Waals surface area contributed by atoms with Gasteiger partial charge in [0.05, 0.1) is 28.2 Å². The molecule has 0 unspecified atom stereocenters. The summed E-state index contributed by atoms with van der Waals surface area (Å²) in [5.41, 5.74) is 3.65. The molecule has 4 rings (SSSR count). The second-order valence-corrected chi connectivity index (χ2v) is 7.99. The van der Waals surface area contributed by atoms with E-state index in [1.807, 2.05) is 37.3 Å². The highest BCUT2D eigenvalue weighted by molar-refractivity contribution is 7.89. The van der Waals surface area contributed by atoms with Gasteiger partial charge in [0, 0.05) is 11.8 Å². The third kappa shape index (κ3) is 3.58. The number of hydrogen-bond donors (Lipinski definition) is 2. The summed E-state index contributed by atoms with van der Waals surface area (Å²) < 4.78 is 26.1. The Morgan fingerprint density at radius 1 is 1.03 bits per heavy atom. The van der Waals surface area contributed by atoms with E-state index in [9.17, 15) is 8.42 Å². The van der Waals surface area contributed by atoms with Gasteiger partial charge in [0.1, 0.15) is 11.4 Å². The minimum Gasteiger partial charge on any atom is -0.411 e. The summed E-state index contributed by atoms with van der Waals surface area (Å²) >= 11 is 0. The molecule has 0 aliphatic rings. The van der Waals surface area contributed by atoms with Gasteiger partial charge in [-0.15, -0.1) is 5.10 Å². The molecule has 0 radical (unpaired) electrons. The molecule has 0 saturated carbocycles. The highest BCUT2D eigenvalue weighted by Gasteiger charge is 2.19. The van der Waals surface area contributed by atoms with E-state index in [4.69, 9.17) is 10.3 Å². The molecule has 30 heavy (non-hydrogen) atoms. The maximum Gasteiger partial charge on any atom is 0.238 e. The van der Waals surface area contributed by atoms with E-state index < -0.39 is 10.0 Å². The standard InChI is InChI=1S/C19H17N7O3S/c1-13-18(22-24-26(13)16-7-9-17(10-8-16)30(20,28)29)19-14(11-21-27)12-25(23-19)15-5-3-2-4-6-15/h2-12,27H,1H3,(H2,20,28,29)/b21-11+. The molecule has 2 aromatic heterocycles. The summed E-state index contributed by atoms with van der Waals surface area (Å²) in [4.78, 5) is 0.00675. The Morgan fingerprint density at radius 2 is 1.73 bits per heavy atom. The van der Waals surface area contributed by atoms with Crippen LogP contribution in [0, 0.1) is 6.92 Å². The lowest BCUT2D eigenvalue weighted by Crippen LogP contribution is -2.12. The number of sulfonamides is 1. The molecule has 0 bridgehead atoms. The van der Waals surface area contributed by atoms with Crippen LogP contribution in [0.1, 0.15) is 11.3 Å². The van der Waals surface area contributed by atoms with Gasteiger partial charge in [-0.25, -0.2) is 22.9 Å². The van der Waals surface area contributed by atoms with Crippen LogP contribution in [0.3, 0.4) is 0 Å². The summed E-state index contributed by atoms with van der Waals surface area (Å²) in [7, 11) is -3.78. The van der Waals surface area contributed by atoms with Gasteiger partial charge in [0.2, 0.25) is 10.0 Å². The lowest BCUT2D eigenvalue weighted by atomic mass is 10.2. The SMILES string of the molecule is Cc1c(-c2nn(-c3ccccc3)cc2/C=N/O)nnn1-c1ccc(S(N)(=O)=O)cc1. The lowest BCUT2D eigenvalue weighted by molar-refractivity contribution is 0.322. The number of nitrogens with zero attached hydrogens (tertiary/aromatic N) is 6. The Balaban J connectivity index is 1.78. The second-order valence-electron chi connectivity index (χ2n) is 6.43. The molecule has 0 amide bonds. The third-order valence-electron chi connectivity index (χ3n) is 4.49. The van der Waals surface area contributed by atoms with Crippen molar-refractivity contribution in [3.8, 4) is 22.8 Å². The summed E-state index contributed by atoms with van der Waals surface area (Å²) in [6.45, 7) is 1.81. The van der Waals surface area contributed by atoms with Crippen molar-refractivity contribution in [2.45, 2.75) is 11.8 Å². The number of rotatable bonds is 5. The average Bonchev–Trinajstić information content (AvgIpc) is 3.32. The Bertz CT molecular complexity index is 1320. The molecule has 3 N–H and O–H groups in total. The third-order valence-corrected chi connectivity index (χ3v) is 5.42. The van der Waals surface area contributed by atoms with Gasteiger partial charge in [-0.05, 0) is 43.3 Å². The molecule has 11 heteroatoms. The molecule has 10 nitrogen and oxygen atoms in total. The summed E-state index contributed by atoms with van der Waals surface area (Å²) in [5, 5.41) is 30.3. The van der Waals surface area contributed by atoms with Crippen molar-refractivity contribution < 1.29 is 13.6 Å². The molecule has 2 aromatic carbocycles. The highest BCUT2D eigenvalue weighted by atomic mass is 32.2. The molecule has 0 saturated heterocycles. The fourth-order valence-corrected chi connectivity index (χ4v) is 3.53. The van der Waals surface area contributed by atoms with Crippen LogP contribution in [-0.2, 0) is 10.0 Å². The van der Waals surface area contributed by atoms with Crippen LogP contribution in [0.25, 0.3) is 22.8 Å². The second kappa shape index (κ2) is 7.54. The van der Waals surface area contributed by atoms with Crippen LogP contribution < -0.4 is 5.14 Å². The van der Waals surface area contributed by atoms with E-state index in [2.05, 4.69) is 20.6 Å². The molecule has 0 atom stereocenters. The molecule has 2 heterocycles. The molecule has 152 valence electrons. The molecule has 0 spiro atoms. The van der Waals surface area contributed by atoms with E-state index in [0.717, 1.165) is 5.69 Å². The topological polar surface area (TPSA) is 141 Å². The van der Waals surface area contributed by atoms with Crippen LogP contribution in [0.15, 0.2) is 70.8 Å². The zero-order chi connectivity index (χ0) is 21.3. The number of benzene rings is 2. The van der Waals surface area contributed by atoms with Crippen LogP contribution in [0.2, 0.25) is 0 Å². The Hall–Kier alpha value is -3.83. The van der Waals surface area contributed by atoms with Gasteiger partial charge in [-0.3, -0.25) is 0 Å². The number of primary sulfonamides is 1. The molecule has 0 fully saturated rings. The van der Waals surface area contributed by atoms with Gasteiger partial charge in [0.25, 0.3) is 0 Å². The minimum atomic E-state index is -3.78. The highest BCUT2D eigenvalue weighted by Crippen LogP contribution is 2.25. The van der Waals surface area contributed by atoms with Crippen molar-refractivity contribution in [2.24, 2.45) is 10.3 Å². The maximum absolute atomic E-state index is 11.5. The van der Waals surface area contributed by atoms with Crippen molar-refractivity contribution in [2.75, 3.05) is 0 Å². The first-order chi connectivity index (χ1) is 14.4. The summed E-state index contributed by atoms with van der Waals surface area (Å²) in [6.07, 6.45) is 3.00. The first-order valence-corrected chi connectivity index (χ1v) is 10.3. The van der Waals surface area contributed by atoms with Gasteiger partial charge >= 0.3 is 0 Å². The number of hydrogen-bond acceptors (Lipinski definition) is 7. The van der Waals surface area contributed by atoms with Crippen LogP contribution in [0.4, 0.5) is 0 Å². The van der Waals surface area contributed by atoms with E-state index in [1.54, 1.807) is 27.7 Å². The van der Waals surface area contributed by atoms with Gasteiger partial charge < -0.3 is 5.21 Å². The van der Waals surface area contributed by atoms with Crippen molar-refractivity contribution in [1.82, 2.24) is 24.8 Å². The number of para-hydroxylation sites is 1. The normalized spacial score (nSPS) is 11.9. The van der Waals surface area contributed by atoms with E-state index >= 15 is 0 Å². The quantitative estimate of drug-likeness (QED) is 0.285. The Kier molecular flexibility index (Phi) is 4.90. The average molecular weight is 423 g/mol.